The Morgan fingerprint density at radius 2 is 1.36 bits per heavy atom. The molecule has 1 saturated carbocycles. The fourth-order valence-corrected chi connectivity index (χ4v) is 4.75. The summed E-state index contributed by atoms with van der Waals surface area (Å²) >= 11 is 0. The Morgan fingerprint density at radius 3 is 1.84 bits per heavy atom. The summed E-state index contributed by atoms with van der Waals surface area (Å²) in [6, 6.07) is 22.7. The van der Waals surface area contributed by atoms with Crippen molar-refractivity contribution in [1.82, 2.24) is 10.2 Å². The van der Waals surface area contributed by atoms with Gasteiger partial charge in [0.05, 0.1) is 0 Å². The summed E-state index contributed by atoms with van der Waals surface area (Å²) in [6.45, 7) is 4.59. The van der Waals surface area contributed by atoms with E-state index in [4.69, 9.17) is 0 Å². The van der Waals surface area contributed by atoms with Crippen LogP contribution in [-0.2, 0) is 13.1 Å². The first-order chi connectivity index (χ1) is 12.3. The predicted molar refractivity (Wildman–Crippen MR) is 104 cm³/mol. The van der Waals surface area contributed by atoms with Crippen molar-refractivity contribution in [3.63, 3.8) is 0 Å². The molecule has 1 N–H and O–H groups in total. The number of rotatable bonds is 5. The Kier molecular flexibility index (Phi) is 5.19. The second kappa shape index (κ2) is 7.72. The van der Waals surface area contributed by atoms with E-state index < -0.39 is 0 Å². The summed E-state index contributed by atoms with van der Waals surface area (Å²) in [5.74, 6) is 0. The third kappa shape index (κ3) is 4.13. The van der Waals surface area contributed by atoms with Gasteiger partial charge in [0, 0.05) is 25.7 Å². The molecule has 0 amide bonds. The average Bonchev–Trinajstić information content (AvgIpc) is 3.12. The maximum Gasteiger partial charge on any atom is 0.0240 e. The van der Waals surface area contributed by atoms with Crippen LogP contribution in [0.3, 0.4) is 0 Å². The molecule has 25 heavy (non-hydrogen) atoms. The summed E-state index contributed by atoms with van der Waals surface area (Å²) in [6.07, 6.45) is 6.87. The molecule has 132 valence electrons. The summed E-state index contributed by atoms with van der Waals surface area (Å²) in [5, 5.41) is 3.59. The molecule has 1 spiro atoms. The van der Waals surface area contributed by atoms with Crippen LogP contribution in [0.25, 0.3) is 0 Å². The predicted octanol–water partition coefficient (Wildman–Crippen LogP) is 4.61. The molecule has 2 aromatic carbocycles. The molecule has 0 aromatic heterocycles. The van der Waals surface area contributed by atoms with E-state index in [9.17, 15) is 0 Å². The molecule has 0 radical (unpaired) electrons. The highest BCUT2D eigenvalue weighted by Gasteiger charge is 2.38. The van der Waals surface area contributed by atoms with Crippen LogP contribution in [0.4, 0.5) is 0 Å². The largest absolute Gasteiger partial charge is 0.316 e. The Hall–Kier alpha value is -1.64. The normalized spacial score (nSPS) is 26.4. The SMILES string of the molecule is c1ccc(CN(Cc2ccccc2)C2CCC3(CCNC3)CC2)cc1. The molecule has 1 saturated heterocycles. The molecule has 0 atom stereocenters. The number of hydrogen-bond acceptors (Lipinski definition) is 2. The molecule has 0 bridgehead atoms. The maximum absolute atomic E-state index is 3.59. The molecule has 2 nitrogen and oxygen atoms in total. The van der Waals surface area contributed by atoms with E-state index in [1.165, 1.54) is 56.3 Å². The third-order valence-electron chi connectivity index (χ3n) is 6.32. The molecule has 2 aliphatic rings. The lowest BCUT2D eigenvalue weighted by Gasteiger charge is -2.41. The zero-order valence-electron chi connectivity index (χ0n) is 15.2. The minimum atomic E-state index is 0.613. The number of benzene rings is 2. The van der Waals surface area contributed by atoms with E-state index in [0.29, 0.717) is 11.5 Å². The molecular formula is C23H30N2. The number of nitrogens with one attached hydrogen (secondary N) is 1. The lowest BCUT2D eigenvalue weighted by molar-refractivity contribution is 0.0871. The highest BCUT2D eigenvalue weighted by atomic mass is 15.2. The van der Waals surface area contributed by atoms with Gasteiger partial charge in [-0.05, 0) is 55.2 Å². The van der Waals surface area contributed by atoms with Crippen molar-refractivity contribution in [3.05, 3.63) is 71.8 Å². The van der Waals surface area contributed by atoms with Gasteiger partial charge < -0.3 is 5.32 Å². The molecular weight excluding hydrogens is 304 g/mol. The summed E-state index contributed by atoms with van der Waals surface area (Å²) in [7, 11) is 0. The van der Waals surface area contributed by atoms with Gasteiger partial charge in [0.1, 0.15) is 0 Å². The van der Waals surface area contributed by atoms with E-state index >= 15 is 0 Å². The van der Waals surface area contributed by atoms with Gasteiger partial charge in [0.25, 0.3) is 0 Å². The molecule has 1 aliphatic heterocycles. The summed E-state index contributed by atoms with van der Waals surface area (Å²) < 4.78 is 0. The van der Waals surface area contributed by atoms with Crippen molar-refractivity contribution in [2.75, 3.05) is 13.1 Å². The smallest absolute Gasteiger partial charge is 0.0240 e. The second-order valence-electron chi connectivity index (χ2n) is 8.03. The van der Waals surface area contributed by atoms with Crippen LogP contribution < -0.4 is 5.32 Å². The van der Waals surface area contributed by atoms with Crippen LogP contribution in [0, 0.1) is 5.41 Å². The molecule has 1 aliphatic carbocycles. The second-order valence-corrected chi connectivity index (χ2v) is 8.03. The highest BCUT2D eigenvalue weighted by Crippen LogP contribution is 2.42. The van der Waals surface area contributed by atoms with Crippen molar-refractivity contribution in [1.29, 1.82) is 0 Å². The third-order valence-corrected chi connectivity index (χ3v) is 6.32. The van der Waals surface area contributed by atoms with Crippen molar-refractivity contribution in [2.45, 2.75) is 51.2 Å². The van der Waals surface area contributed by atoms with Gasteiger partial charge in [-0.25, -0.2) is 0 Å². The van der Waals surface area contributed by atoms with Gasteiger partial charge in [0.2, 0.25) is 0 Å². The van der Waals surface area contributed by atoms with Crippen molar-refractivity contribution in [3.8, 4) is 0 Å². The van der Waals surface area contributed by atoms with Crippen molar-refractivity contribution < 1.29 is 0 Å². The summed E-state index contributed by atoms with van der Waals surface area (Å²) in [4.78, 5) is 2.72. The Labute approximate surface area is 152 Å². The van der Waals surface area contributed by atoms with Gasteiger partial charge in [-0.15, -0.1) is 0 Å². The fourth-order valence-electron chi connectivity index (χ4n) is 4.75. The van der Waals surface area contributed by atoms with Crippen molar-refractivity contribution >= 4 is 0 Å². The Bertz CT molecular complexity index is 595. The van der Waals surface area contributed by atoms with Gasteiger partial charge in [-0.3, -0.25) is 4.90 Å². The van der Waals surface area contributed by atoms with Gasteiger partial charge in [-0.2, -0.15) is 0 Å². The van der Waals surface area contributed by atoms with Gasteiger partial charge in [0.15, 0.2) is 0 Å². The van der Waals surface area contributed by atoms with Gasteiger partial charge >= 0.3 is 0 Å². The van der Waals surface area contributed by atoms with Crippen LogP contribution in [0.5, 0.6) is 0 Å². The lowest BCUT2D eigenvalue weighted by Crippen LogP contribution is -2.41. The molecule has 2 aromatic rings. The first-order valence-corrected chi connectivity index (χ1v) is 9.86. The fraction of sp³-hybridized carbons (Fsp3) is 0.478. The van der Waals surface area contributed by atoms with Crippen LogP contribution in [0.2, 0.25) is 0 Å². The minimum Gasteiger partial charge on any atom is -0.316 e. The number of hydrogen-bond donors (Lipinski definition) is 1. The lowest BCUT2D eigenvalue weighted by atomic mass is 9.71. The maximum atomic E-state index is 3.59. The van der Waals surface area contributed by atoms with Crippen LogP contribution in [0.15, 0.2) is 60.7 Å². The van der Waals surface area contributed by atoms with E-state index in [1.54, 1.807) is 0 Å². The van der Waals surface area contributed by atoms with Crippen molar-refractivity contribution in [2.24, 2.45) is 5.41 Å². The molecule has 2 fully saturated rings. The van der Waals surface area contributed by atoms with Crippen LogP contribution in [-0.4, -0.2) is 24.0 Å². The standard InChI is InChI=1S/C23H30N2/c1-3-7-20(8-4-1)17-25(18-21-9-5-2-6-10-21)22-11-13-23(14-12-22)15-16-24-19-23/h1-10,22,24H,11-19H2. The van der Waals surface area contributed by atoms with E-state index in [0.717, 1.165) is 13.1 Å². The molecule has 1 heterocycles. The quantitative estimate of drug-likeness (QED) is 0.859. The minimum absolute atomic E-state index is 0.613. The first-order valence-electron chi connectivity index (χ1n) is 9.86. The van der Waals surface area contributed by atoms with E-state index in [1.807, 2.05) is 0 Å². The van der Waals surface area contributed by atoms with Crippen LogP contribution >= 0.6 is 0 Å². The average molecular weight is 335 g/mol. The van der Waals surface area contributed by atoms with Gasteiger partial charge in [-0.1, -0.05) is 60.7 Å². The van der Waals surface area contributed by atoms with E-state index in [-0.39, 0.29) is 0 Å². The monoisotopic (exact) mass is 334 g/mol. The zero-order chi connectivity index (χ0) is 17.0. The van der Waals surface area contributed by atoms with Crippen LogP contribution in [0.1, 0.15) is 43.2 Å². The highest BCUT2D eigenvalue weighted by molar-refractivity contribution is 5.17. The number of nitrogens with zero attached hydrogens (tertiary/aromatic N) is 1. The molecule has 2 heteroatoms. The Morgan fingerprint density at radius 1 is 0.800 bits per heavy atom. The first kappa shape index (κ1) is 16.8. The van der Waals surface area contributed by atoms with E-state index in [2.05, 4.69) is 70.9 Å². The molecule has 0 unspecified atom stereocenters. The molecule has 4 rings (SSSR count). The Balaban J connectivity index is 1.47. The summed E-state index contributed by atoms with van der Waals surface area (Å²) in [5.41, 5.74) is 3.48. The zero-order valence-corrected chi connectivity index (χ0v) is 15.2. The topological polar surface area (TPSA) is 15.3 Å².